The van der Waals surface area contributed by atoms with Crippen molar-refractivity contribution >= 4 is 27.7 Å². The van der Waals surface area contributed by atoms with Crippen molar-refractivity contribution in [3.05, 3.63) is 29.3 Å². The maximum absolute atomic E-state index is 12.9. The lowest BCUT2D eigenvalue weighted by Gasteiger charge is -2.35. The van der Waals surface area contributed by atoms with Crippen LogP contribution in [-0.4, -0.2) is 43.5 Å². The second-order valence-corrected chi connectivity index (χ2v) is 9.43. The number of carbonyl (C=O) groups excluding carboxylic acids is 1. The van der Waals surface area contributed by atoms with Gasteiger partial charge in [-0.3, -0.25) is 0 Å². The summed E-state index contributed by atoms with van der Waals surface area (Å²) >= 11 is 5.84. The molecule has 1 amide bonds. The number of alkyl carbamates (subject to hydrolysis) is 1. The standard InChI is InChI=1S/C17H25ClN2O4S/c1-17(2,3)24-16(21)19-12-14-6-4-5-11-20(14)25(22,23)15-9-7-13(18)8-10-15/h7-10,14H,4-6,11-12H2,1-3H3,(H,19,21). The van der Waals surface area contributed by atoms with Crippen LogP contribution in [-0.2, 0) is 14.8 Å². The zero-order valence-corrected chi connectivity index (χ0v) is 16.4. The number of carbonyl (C=O) groups is 1. The SMILES string of the molecule is CC(C)(C)OC(=O)NCC1CCCCN1S(=O)(=O)c1ccc(Cl)cc1. The third kappa shape index (κ3) is 5.59. The molecule has 1 N–H and O–H groups in total. The third-order valence-corrected chi connectivity index (χ3v) is 6.09. The van der Waals surface area contributed by atoms with Crippen molar-refractivity contribution in [3.8, 4) is 0 Å². The topological polar surface area (TPSA) is 75.7 Å². The van der Waals surface area contributed by atoms with Gasteiger partial charge < -0.3 is 10.1 Å². The van der Waals surface area contributed by atoms with E-state index in [-0.39, 0.29) is 17.5 Å². The number of hydrogen-bond acceptors (Lipinski definition) is 4. The van der Waals surface area contributed by atoms with Crippen LogP contribution in [0.15, 0.2) is 29.2 Å². The van der Waals surface area contributed by atoms with Gasteiger partial charge in [-0.2, -0.15) is 4.31 Å². The summed E-state index contributed by atoms with van der Waals surface area (Å²) in [5, 5.41) is 3.17. The molecular formula is C17H25ClN2O4S. The van der Waals surface area contributed by atoms with E-state index in [0.29, 0.717) is 18.0 Å². The Morgan fingerprint density at radius 1 is 1.28 bits per heavy atom. The number of sulfonamides is 1. The minimum Gasteiger partial charge on any atom is -0.444 e. The molecule has 1 aromatic rings. The summed E-state index contributed by atoms with van der Waals surface area (Å²) in [6.45, 7) is 6.01. The second kappa shape index (κ2) is 7.93. The van der Waals surface area contributed by atoms with Crippen LogP contribution < -0.4 is 5.32 Å². The van der Waals surface area contributed by atoms with Crippen molar-refractivity contribution < 1.29 is 17.9 Å². The Bertz CT molecular complexity index is 698. The number of benzene rings is 1. The first-order chi connectivity index (χ1) is 11.6. The van der Waals surface area contributed by atoms with Gasteiger partial charge in [-0.1, -0.05) is 18.0 Å². The van der Waals surface area contributed by atoms with E-state index in [4.69, 9.17) is 16.3 Å². The highest BCUT2D eigenvalue weighted by molar-refractivity contribution is 7.89. The van der Waals surface area contributed by atoms with Gasteiger partial charge in [0.2, 0.25) is 10.0 Å². The van der Waals surface area contributed by atoms with Gasteiger partial charge in [0.15, 0.2) is 0 Å². The van der Waals surface area contributed by atoms with Gasteiger partial charge in [0.1, 0.15) is 5.60 Å². The van der Waals surface area contributed by atoms with Gasteiger partial charge in [-0.15, -0.1) is 0 Å². The molecule has 0 spiro atoms. The molecule has 1 atom stereocenters. The van der Waals surface area contributed by atoms with Crippen molar-refractivity contribution in [2.75, 3.05) is 13.1 Å². The minimum absolute atomic E-state index is 0.209. The zero-order valence-electron chi connectivity index (χ0n) is 14.8. The van der Waals surface area contributed by atoms with E-state index in [2.05, 4.69) is 5.32 Å². The fraction of sp³-hybridized carbons (Fsp3) is 0.588. The van der Waals surface area contributed by atoms with Crippen molar-refractivity contribution in [3.63, 3.8) is 0 Å². The van der Waals surface area contributed by atoms with Crippen molar-refractivity contribution in [2.45, 2.75) is 56.6 Å². The van der Waals surface area contributed by atoms with Crippen LogP contribution in [0, 0.1) is 0 Å². The number of amides is 1. The number of nitrogens with one attached hydrogen (secondary N) is 1. The maximum Gasteiger partial charge on any atom is 0.407 e. The number of nitrogens with zero attached hydrogens (tertiary/aromatic N) is 1. The Labute approximate surface area is 154 Å². The minimum atomic E-state index is -3.63. The molecule has 0 aliphatic carbocycles. The normalized spacial score (nSPS) is 19.4. The van der Waals surface area contributed by atoms with Crippen LogP contribution in [0.2, 0.25) is 5.02 Å². The van der Waals surface area contributed by atoms with Crippen molar-refractivity contribution in [2.24, 2.45) is 0 Å². The number of hydrogen-bond donors (Lipinski definition) is 1. The molecule has 1 saturated heterocycles. The fourth-order valence-corrected chi connectivity index (χ4v) is 4.57. The van der Waals surface area contributed by atoms with E-state index in [0.717, 1.165) is 12.8 Å². The van der Waals surface area contributed by atoms with Gasteiger partial charge in [-0.25, -0.2) is 13.2 Å². The van der Waals surface area contributed by atoms with Crippen LogP contribution in [0.5, 0.6) is 0 Å². The van der Waals surface area contributed by atoms with E-state index in [1.165, 1.54) is 16.4 Å². The summed E-state index contributed by atoms with van der Waals surface area (Å²) < 4.78 is 32.5. The largest absolute Gasteiger partial charge is 0.444 e. The average molecular weight is 389 g/mol. The number of ether oxygens (including phenoxy) is 1. The first kappa shape index (κ1) is 20.0. The molecule has 6 nitrogen and oxygen atoms in total. The Hall–Kier alpha value is -1.31. The van der Waals surface area contributed by atoms with Crippen LogP contribution >= 0.6 is 11.6 Å². The Balaban J connectivity index is 2.09. The third-order valence-electron chi connectivity index (χ3n) is 3.87. The summed E-state index contributed by atoms with van der Waals surface area (Å²) in [4.78, 5) is 12.1. The summed E-state index contributed by atoms with van der Waals surface area (Å²) in [7, 11) is -3.63. The molecular weight excluding hydrogens is 364 g/mol. The monoisotopic (exact) mass is 388 g/mol. The molecule has 1 heterocycles. The number of rotatable bonds is 4. The van der Waals surface area contributed by atoms with Crippen LogP contribution in [0.4, 0.5) is 4.79 Å². The van der Waals surface area contributed by atoms with Crippen LogP contribution in [0.3, 0.4) is 0 Å². The highest BCUT2D eigenvalue weighted by Crippen LogP contribution is 2.26. The van der Waals surface area contributed by atoms with Gasteiger partial charge in [0.05, 0.1) is 4.90 Å². The lowest BCUT2D eigenvalue weighted by molar-refractivity contribution is 0.0512. The van der Waals surface area contributed by atoms with E-state index >= 15 is 0 Å². The molecule has 8 heteroatoms. The van der Waals surface area contributed by atoms with Gasteiger partial charge >= 0.3 is 6.09 Å². The highest BCUT2D eigenvalue weighted by Gasteiger charge is 2.33. The molecule has 0 saturated carbocycles. The summed E-state index contributed by atoms with van der Waals surface area (Å²) in [6, 6.07) is 5.84. The smallest absolute Gasteiger partial charge is 0.407 e. The molecule has 2 rings (SSSR count). The molecule has 1 fully saturated rings. The lowest BCUT2D eigenvalue weighted by Crippen LogP contribution is -2.49. The molecule has 1 aromatic carbocycles. The molecule has 0 radical (unpaired) electrons. The van der Waals surface area contributed by atoms with Gasteiger partial charge in [0, 0.05) is 24.2 Å². The van der Waals surface area contributed by atoms with E-state index in [1.54, 1.807) is 32.9 Å². The fourth-order valence-electron chi connectivity index (χ4n) is 2.75. The molecule has 1 aliphatic rings. The molecule has 1 aliphatic heterocycles. The Morgan fingerprint density at radius 3 is 2.52 bits per heavy atom. The molecule has 140 valence electrons. The average Bonchev–Trinajstić information content (AvgIpc) is 2.52. The zero-order chi connectivity index (χ0) is 18.7. The van der Waals surface area contributed by atoms with E-state index in [1.807, 2.05) is 0 Å². The number of piperidine rings is 1. The molecule has 0 bridgehead atoms. The predicted octanol–water partition coefficient (Wildman–Crippen LogP) is 3.41. The second-order valence-electron chi connectivity index (χ2n) is 7.10. The summed E-state index contributed by atoms with van der Waals surface area (Å²) in [5.74, 6) is 0. The quantitative estimate of drug-likeness (QED) is 0.857. The molecule has 1 unspecified atom stereocenters. The van der Waals surface area contributed by atoms with Crippen LogP contribution in [0.1, 0.15) is 40.0 Å². The first-order valence-corrected chi connectivity index (χ1v) is 10.2. The highest BCUT2D eigenvalue weighted by atomic mass is 35.5. The van der Waals surface area contributed by atoms with Crippen molar-refractivity contribution in [1.82, 2.24) is 9.62 Å². The van der Waals surface area contributed by atoms with E-state index < -0.39 is 21.7 Å². The van der Waals surface area contributed by atoms with Gasteiger partial charge in [0.25, 0.3) is 0 Å². The Morgan fingerprint density at radius 2 is 1.92 bits per heavy atom. The molecule has 25 heavy (non-hydrogen) atoms. The first-order valence-electron chi connectivity index (χ1n) is 8.34. The maximum atomic E-state index is 12.9. The lowest BCUT2D eigenvalue weighted by atomic mass is 10.1. The van der Waals surface area contributed by atoms with Crippen LogP contribution in [0.25, 0.3) is 0 Å². The van der Waals surface area contributed by atoms with Gasteiger partial charge in [-0.05, 0) is 57.9 Å². The summed E-state index contributed by atoms with van der Waals surface area (Å²) in [6.07, 6.45) is 1.88. The van der Waals surface area contributed by atoms with Crippen molar-refractivity contribution in [1.29, 1.82) is 0 Å². The summed E-state index contributed by atoms with van der Waals surface area (Å²) in [5.41, 5.74) is -0.592. The number of halogens is 1. The van der Waals surface area contributed by atoms with E-state index in [9.17, 15) is 13.2 Å². The molecule has 0 aromatic heterocycles. The Kier molecular flexibility index (Phi) is 6.35. The predicted molar refractivity (Wildman–Crippen MR) is 97.2 cm³/mol.